The van der Waals surface area contributed by atoms with Crippen LogP contribution in [0.5, 0.6) is 11.5 Å². The summed E-state index contributed by atoms with van der Waals surface area (Å²) in [5.74, 6) is 0.597. The largest absolute Gasteiger partial charge is 0.493 e. The maximum atomic E-state index is 11.6. The Morgan fingerprint density at radius 2 is 1.87 bits per heavy atom. The van der Waals surface area contributed by atoms with E-state index in [4.69, 9.17) is 25.2 Å². The average molecular weight is 346 g/mol. The molecule has 0 saturated heterocycles. The molecule has 0 aromatic heterocycles. The van der Waals surface area contributed by atoms with Crippen LogP contribution in [0, 0.1) is 11.3 Å². The molecule has 0 bridgehead atoms. The molecule has 0 saturated carbocycles. The third-order valence-electron chi connectivity index (χ3n) is 2.27. The van der Waals surface area contributed by atoms with E-state index >= 15 is 0 Å². The summed E-state index contributed by atoms with van der Waals surface area (Å²) in [4.78, 5) is 11.6. The maximum Gasteiger partial charge on any atom is 0.311 e. The minimum atomic E-state index is -3.67. The Bertz CT molecular complexity index is 647. The van der Waals surface area contributed by atoms with Gasteiger partial charge in [-0.2, -0.15) is 8.42 Å². The number of carbonyl (C=O) groups is 1. The van der Waals surface area contributed by atoms with Crippen LogP contribution in [0.3, 0.4) is 0 Å². The van der Waals surface area contributed by atoms with Crippen LogP contribution in [0.25, 0.3) is 0 Å². The van der Waals surface area contributed by atoms with Gasteiger partial charge in [-0.05, 0) is 24.1 Å². The van der Waals surface area contributed by atoms with Gasteiger partial charge in [0.1, 0.15) is 5.84 Å². The molecule has 4 N–H and O–H groups in total. The number of esters is 1. The lowest BCUT2D eigenvalue weighted by Gasteiger charge is -2.11. The highest BCUT2D eigenvalue weighted by molar-refractivity contribution is 7.85. The SMILES string of the molecule is COc1cc(C(=N)N)ccc1OC(=O)CC(C)C.CS(=O)(=O)O. The number of benzene rings is 1. The fourth-order valence-electron chi connectivity index (χ4n) is 1.42. The molecule has 0 aliphatic carbocycles. The quantitative estimate of drug-likeness (QED) is 0.241. The molecule has 0 aliphatic heterocycles. The molecular formula is C14H22N2O6S. The molecule has 1 rings (SSSR count). The highest BCUT2D eigenvalue weighted by Crippen LogP contribution is 2.28. The van der Waals surface area contributed by atoms with E-state index in [9.17, 15) is 13.2 Å². The number of nitrogens with one attached hydrogen (secondary N) is 1. The zero-order valence-electron chi connectivity index (χ0n) is 13.5. The summed E-state index contributed by atoms with van der Waals surface area (Å²) in [6.07, 6.45) is 1.06. The molecule has 0 amide bonds. The van der Waals surface area contributed by atoms with Gasteiger partial charge in [-0.3, -0.25) is 14.8 Å². The molecule has 1 aromatic carbocycles. The summed E-state index contributed by atoms with van der Waals surface area (Å²) >= 11 is 0. The number of amidine groups is 1. The lowest BCUT2D eigenvalue weighted by molar-refractivity contribution is -0.135. The second-order valence-corrected chi connectivity index (χ2v) is 6.55. The van der Waals surface area contributed by atoms with Gasteiger partial charge in [-0.1, -0.05) is 13.8 Å². The van der Waals surface area contributed by atoms with Gasteiger partial charge in [0.2, 0.25) is 0 Å². The molecular weight excluding hydrogens is 324 g/mol. The molecule has 0 spiro atoms. The van der Waals surface area contributed by atoms with E-state index in [2.05, 4.69) is 0 Å². The van der Waals surface area contributed by atoms with Crippen LogP contribution in [0.2, 0.25) is 0 Å². The molecule has 0 fully saturated rings. The van der Waals surface area contributed by atoms with Crippen LogP contribution in [0.15, 0.2) is 18.2 Å². The summed E-state index contributed by atoms with van der Waals surface area (Å²) in [5, 5.41) is 7.33. The Hall–Kier alpha value is -2.13. The van der Waals surface area contributed by atoms with E-state index in [0.29, 0.717) is 29.7 Å². The third-order valence-corrected chi connectivity index (χ3v) is 2.27. The van der Waals surface area contributed by atoms with Crippen molar-refractivity contribution in [3.63, 3.8) is 0 Å². The van der Waals surface area contributed by atoms with Crippen molar-refractivity contribution in [3.05, 3.63) is 23.8 Å². The predicted molar refractivity (Wildman–Crippen MR) is 86.6 cm³/mol. The van der Waals surface area contributed by atoms with Crippen molar-refractivity contribution in [2.45, 2.75) is 20.3 Å². The zero-order chi connectivity index (χ0) is 18.2. The van der Waals surface area contributed by atoms with E-state index in [1.165, 1.54) is 7.11 Å². The molecule has 9 heteroatoms. The summed E-state index contributed by atoms with van der Waals surface area (Å²) < 4.78 is 36.2. The van der Waals surface area contributed by atoms with Crippen LogP contribution in [-0.4, -0.2) is 38.1 Å². The van der Waals surface area contributed by atoms with Crippen LogP contribution in [0.1, 0.15) is 25.8 Å². The Labute approximate surface area is 135 Å². The number of hydrogen-bond acceptors (Lipinski definition) is 6. The normalized spacial score (nSPS) is 10.5. The molecule has 0 atom stereocenters. The Morgan fingerprint density at radius 3 is 2.26 bits per heavy atom. The third kappa shape index (κ3) is 10.3. The highest BCUT2D eigenvalue weighted by atomic mass is 32.2. The Kier molecular flexibility index (Phi) is 8.27. The Balaban J connectivity index is 0.000000841. The van der Waals surface area contributed by atoms with E-state index in [0.717, 1.165) is 0 Å². The fraction of sp³-hybridized carbons (Fsp3) is 0.429. The molecule has 8 nitrogen and oxygen atoms in total. The molecule has 130 valence electrons. The number of hydrogen-bond donors (Lipinski definition) is 3. The zero-order valence-corrected chi connectivity index (χ0v) is 14.3. The number of nitrogens with two attached hydrogens (primary N) is 1. The molecule has 0 unspecified atom stereocenters. The molecule has 0 radical (unpaired) electrons. The Morgan fingerprint density at radius 1 is 1.35 bits per heavy atom. The first-order valence-corrected chi connectivity index (χ1v) is 8.44. The predicted octanol–water partition coefficient (Wildman–Crippen LogP) is 1.43. The number of nitrogen functional groups attached to an aromatic ring is 1. The summed E-state index contributed by atoms with van der Waals surface area (Å²) in [7, 11) is -2.20. The van der Waals surface area contributed by atoms with E-state index in [1.54, 1.807) is 18.2 Å². The number of ether oxygens (including phenoxy) is 2. The summed E-state index contributed by atoms with van der Waals surface area (Å²) in [6, 6.07) is 4.76. The summed E-state index contributed by atoms with van der Waals surface area (Å²) in [6.45, 7) is 3.88. The van der Waals surface area contributed by atoms with Crippen molar-refractivity contribution >= 4 is 21.9 Å². The lowest BCUT2D eigenvalue weighted by atomic mass is 10.1. The van der Waals surface area contributed by atoms with Crippen LogP contribution < -0.4 is 15.2 Å². The van der Waals surface area contributed by atoms with Gasteiger partial charge in [-0.15, -0.1) is 0 Å². The van der Waals surface area contributed by atoms with Crippen molar-refractivity contribution in [3.8, 4) is 11.5 Å². The van der Waals surface area contributed by atoms with Gasteiger partial charge >= 0.3 is 5.97 Å². The first-order valence-electron chi connectivity index (χ1n) is 6.59. The molecule has 0 heterocycles. The van der Waals surface area contributed by atoms with E-state index in [1.807, 2.05) is 13.8 Å². The van der Waals surface area contributed by atoms with Gasteiger partial charge in [0.25, 0.3) is 10.1 Å². The maximum absolute atomic E-state index is 11.6. The van der Waals surface area contributed by atoms with Crippen molar-refractivity contribution in [2.24, 2.45) is 11.7 Å². The van der Waals surface area contributed by atoms with Gasteiger partial charge in [0.05, 0.1) is 13.4 Å². The minimum absolute atomic E-state index is 0.0617. The highest BCUT2D eigenvalue weighted by Gasteiger charge is 2.12. The first kappa shape index (κ1) is 20.9. The van der Waals surface area contributed by atoms with Crippen LogP contribution in [0.4, 0.5) is 0 Å². The minimum Gasteiger partial charge on any atom is -0.493 e. The van der Waals surface area contributed by atoms with Crippen LogP contribution >= 0.6 is 0 Å². The number of carbonyl (C=O) groups excluding carboxylic acids is 1. The first-order chi connectivity index (χ1) is 10.4. The lowest BCUT2D eigenvalue weighted by Crippen LogP contribution is -2.13. The number of rotatable bonds is 5. The van der Waals surface area contributed by atoms with Crippen molar-refractivity contribution < 1.29 is 27.2 Å². The molecule has 1 aromatic rings. The van der Waals surface area contributed by atoms with Gasteiger partial charge < -0.3 is 15.2 Å². The van der Waals surface area contributed by atoms with Gasteiger partial charge in [0.15, 0.2) is 11.5 Å². The van der Waals surface area contributed by atoms with E-state index in [-0.39, 0.29) is 17.7 Å². The molecule has 23 heavy (non-hydrogen) atoms. The van der Waals surface area contributed by atoms with Crippen molar-refractivity contribution in [2.75, 3.05) is 13.4 Å². The number of methoxy groups -OCH3 is 1. The summed E-state index contributed by atoms with van der Waals surface area (Å²) in [5.41, 5.74) is 5.90. The van der Waals surface area contributed by atoms with Crippen LogP contribution in [-0.2, 0) is 14.9 Å². The van der Waals surface area contributed by atoms with Crippen molar-refractivity contribution in [1.82, 2.24) is 0 Å². The van der Waals surface area contributed by atoms with Gasteiger partial charge in [-0.25, -0.2) is 0 Å². The fourth-order valence-corrected chi connectivity index (χ4v) is 1.42. The second kappa shape index (κ2) is 9.11. The topological polar surface area (TPSA) is 140 Å². The average Bonchev–Trinajstić information content (AvgIpc) is 2.35. The standard InChI is InChI=1S/C13H18N2O3.CH4O3S/c1-8(2)6-12(16)18-10-5-4-9(13(14)15)7-11(10)17-3;1-5(2,3)4/h4-5,7-8H,6H2,1-3H3,(H3,14,15);1H3,(H,2,3,4). The molecule has 0 aliphatic rings. The second-order valence-electron chi connectivity index (χ2n) is 5.08. The van der Waals surface area contributed by atoms with Crippen molar-refractivity contribution in [1.29, 1.82) is 5.41 Å². The smallest absolute Gasteiger partial charge is 0.311 e. The van der Waals surface area contributed by atoms with Gasteiger partial charge in [0, 0.05) is 12.0 Å². The van der Waals surface area contributed by atoms with E-state index < -0.39 is 10.1 Å². The monoisotopic (exact) mass is 346 g/mol.